The van der Waals surface area contributed by atoms with Crippen molar-refractivity contribution in [3.8, 4) is 0 Å². The van der Waals surface area contributed by atoms with E-state index in [0.717, 1.165) is 25.0 Å². The average Bonchev–Trinajstić information content (AvgIpc) is 2.92. The first kappa shape index (κ1) is 34.5. The molecule has 0 spiro atoms. The molecule has 0 heterocycles. The first-order valence-corrected chi connectivity index (χ1v) is 12.7. The minimum Gasteiger partial charge on any atom is -0.462 e. The zero-order valence-corrected chi connectivity index (χ0v) is 23.4. The molecule has 0 fully saturated rings. The molecule has 0 aliphatic rings. The molecular weight excluding hydrogens is 545 g/mol. The molecule has 0 saturated carbocycles. The number of hydrogen-bond donors (Lipinski definition) is 2. The van der Waals surface area contributed by atoms with Crippen LogP contribution in [-0.2, 0) is 22.1 Å². The van der Waals surface area contributed by atoms with Crippen LogP contribution >= 0.6 is 12.4 Å². The average molecular weight is 581 g/mol. The number of alkyl halides is 3. The quantitative estimate of drug-likeness (QED) is 0.148. The van der Waals surface area contributed by atoms with Gasteiger partial charge in [-0.3, -0.25) is 0 Å². The zero-order valence-electron chi connectivity index (χ0n) is 22.6. The maximum absolute atomic E-state index is 12.7. The topological polar surface area (TPSA) is 90.6 Å². The highest BCUT2D eigenvalue weighted by atomic mass is 35.5. The van der Waals surface area contributed by atoms with Crippen molar-refractivity contribution in [1.29, 1.82) is 0 Å². The van der Waals surface area contributed by atoms with E-state index in [-0.39, 0.29) is 31.0 Å². The van der Waals surface area contributed by atoms with Crippen molar-refractivity contribution in [3.63, 3.8) is 0 Å². The largest absolute Gasteiger partial charge is 0.462 e. The molecule has 0 bridgehead atoms. The van der Waals surface area contributed by atoms with E-state index in [0.29, 0.717) is 42.0 Å². The van der Waals surface area contributed by atoms with Crippen LogP contribution in [0.15, 0.2) is 78.9 Å². The van der Waals surface area contributed by atoms with Gasteiger partial charge in [0.15, 0.2) is 0 Å². The van der Waals surface area contributed by atoms with Gasteiger partial charge in [-0.05, 0) is 67.8 Å². The van der Waals surface area contributed by atoms with Crippen LogP contribution in [-0.4, -0.2) is 37.7 Å². The van der Waals surface area contributed by atoms with E-state index in [1.165, 1.54) is 6.07 Å². The maximum Gasteiger partial charge on any atom is 0.416 e. The van der Waals surface area contributed by atoms with Gasteiger partial charge in [-0.15, -0.1) is 12.4 Å². The second kappa shape index (κ2) is 17.9. The molecule has 1 atom stereocenters. The molecule has 0 aliphatic heterocycles. The minimum atomic E-state index is -4.34. The molecule has 3 rings (SSSR count). The van der Waals surface area contributed by atoms with E-state index in [1.54, 1.807) is 54.6 Å². The highest BCUT2D eigenvalue weighted by Gasteiger charge is 2.30. The van der Waals surface area contributed by atoms with Crippen molar-refractivity contribution < 1.29 is 32.2 Å². The minimum absolute atomic E-state index is 0. The van der Waals surface area contributed by atoms with Crippen LogP contribution in [0.5, 0.6) is 0 Å². The second-order valence-electron chi connectivity index (χ2n) is 8.87. The van der Waals surface area contributed by atoms with Crippen molar-refractivity contribution in [2.24, 2.45) is 0 Å². The van der Waals surface area contributed by atoms with Crippen molar-refractivity contribution >= 4 is 30.0 Å². The smallest absolute Gasteiger partial charge is 0.416 e. The third-order valence-electron chi connectivity index (χ3n) is 5.51. The molecule has 3 aromatic carbocycles. The summed E-state index contributed by atoms with van der Waals surface area (Å²) in [5, 5.41) is 3.14. The number of unbranched alkanes of at least 4 members (excludes halogenated alkanes) is 1. The van der Waals surface area contributed by atoms with E-state index < -0.39 is 17.7 Å². The fourth-order valence-electron chi connectivity index (χ4n) is 3.42. The molecule has 0 saturated heterocycles. The van der Waals surface area contributed by atoms with Crippen LogP contribution in [0, 0.1) is 0 Å². The van der Waals surface area contributed by atoms with Crippen LogP contribution in [0.2, 0.25) is 0 Å². The molecule has 3 N–H and O–H groups in total. The molecule has 0 radical (unpaired) electrons. The summed E-state index contributed by atoms with van der Waals surface area (Å²) in [6.07, 6.45) is -1.95. The fraction of sp³-hybridized carbons (Fsp3) is 0.333. The highest BCUT2D eigenvalue weighted by molar-refractivity contribution is 5.90. The summed E-state index contributed by atoms with van der Waals surface area (Å²) in [5.41, 5.74) is 7.14. The lowest BCUT2D eigenvalue weighted by atomic mass is 10.0. The van der Waals surface area contributed by atoms with Crippen molar-refractivity contribution in [2.75, 3.05) is 25.5 Å². The summed E-state index contributed by atoms with van der Waals surface area (Å²) in [6, 6.07) is 20.6. The number of halogens is 4. The van der Waals surface area contributed by atoms with Crippen molar-refractivity contribution in [2.45, 2.75) is 45.3 Å². The molecule has 10 heteroatoms. The van der Waals surface area contributed by atoms with Gasteiger partial charge in [-0.2, -0.15) is 13.2 Å². The van der Waals surface area contributed by atoms with Gasteiger partial charge in [0.1, 0.15) is 6.61 Å². The van der Waals surface area contributed by atoms with Gasteiger partial charge in [-0.25, -0.2) is 9.59 Å². The van der Waals surface area contributed by atoms with Gasteiger partial charge < -0.3 is 20.5 Å². The number of carbonyl (C=O) groups is 2. The monoisotopic (exact) mass is 580 g/mol. The summed E-state index contributed by atoms with van der Waals surface area (Å²) in [7, 11) is 0. The Hall–Kier alpha value is -3.56. The molecule has 6 nitrogen and oxygen atoms in total. The number of carbonyl (C=O) groups excluding carboxylic acids is 2. The van der Waals surface area contributed by atoms with E-state index in [4.69, 9.17) is 15.2 Å². The van der Waals surface area contributed by atoms with E-state index in [9.17, 15) is 22.8 Å². The number of hydrogen-bond acceptors (Lipinski definition) is 6. The molecular formula is C30H36ClF3N2O4. The predicted molar refractivity (Wildman–Crippen MR) is 153 cm³/mol. The number of benzene rings is 3. The maximum atomic E-state index is 12.7. The Morgan fingerprint density at radius 2 is 1.48 bits per heavy atom. The Kier molecular flexibility index (Phi) is 15.4. The van der Waals surface area contributed by atoms with Crippen LogP contribution in [0.3, 0.4) is 0 Å². The number of nitrogen functional groups attached to an aromatic ring is 1. The summed E-state index contributed by atoms with van der Waals surface area (Å²) in [4.78, 5) is 23.1. The van der Waals surface area contributed by atoms with Crippen LogP contribution in [0.1, 0.15) is 58.5 Å². The first-order chi connectivity index (χ1) is 18.6. The lowest BCUT2D eigenvalue weighted by Gasteiger charge is -2.15. The Labute approximate surface area is 239 Å². The Morgan fingerprint density at radius 1 is 0.875 bits per heavy atom. The molecule has 40 heavy (non-hydrogen) atoms. The van der Waals surface area contributed by atoms with E-state index >= 15 is 0 Å². The first-order valence-electron chi connectivity index (χ1n) is 12.7. The van der Waals surface area contributed by atoms with Gasteiger partial charge in [0.05, 0.1) is 23.3 Å². The third-order valence-corrected chi connectivity index (χ3v) is 5.51. The molecule has 218 valence electrons. The van der Waals surface area contributed by atoms with Crippen molar-refractivity contribution in [1.82, 2.24) is 5.32 Å². The summed E-state index contributed by atoms with van der Waals surface area (Å²) in [5.74, 6) is -0.675. The SMILES string of the molecule is CC(Cc1cccc(C(F)(F)F)c1)NCCOC(=O)c1ccccc1.CCCCOC(=O)c1ccc(N)cc1.Cl. The third kappa shape index (κ3) is 13.0. The number of nitrogens with one attached hydrogen (secondary N) is 1. The lowest BCUT2D eigenvalue weighted by Crippen LogP contribution is -2.31. The molecule has 3 aromatic rings. The van der Waals surface area contributed by atoms with Crippen LogP contribution in [0.4, 0.5) is 18.9 Å². The summed E-state index contributed by atoms with van der Waals surface area (Å²) in [6.45, 7) is 5.04. The van der Waals surface area contributed by atoms with Gasteiger partial charge in [0, 0.05) is 18.3 Å². The molecule has 0 amide bonds. The van der Waals surface area contributed by atoms with Crippen LogP contribution < -0.4 is 11.1 Å². The van der Waals surface area contributed by atoms with Gasteiger partial charge >= 0.3 is 18.1 Å². The normalized spacial score (nSPS) is 11.3. The molecule has 0 aromatic heterocycles. The zero-order chi connectivity index (χ0) is 28.7. The molecule has 1 unspecified atom stereocenters. The Morgan fingerprint density at radius 3 is 2.08 bits per heavy atom. The molecule has 0 aliphatic carbocycles. The number of nitrogens with two attached hydrogens (primary N) is 1. The number of anilines is 1. The van der Waals surface area contributed by atoms with Crippen LogP contribution in [0.25, 0.3) is 0 Å². The summed E-state index contributed by atoms with van der Waals surface area (Å²) >= 11 is 0. The Balaban J connectivity index is 0.000000454. The fourth-order valence-corrected chi connectivity index (χ4v) is 3.42. The highest BCUT2D eigenvalue weighted by Crippen LogP contribution is 2.29. The second-order valence-corrected chi connectivity index (χ2v) is 8.87. The predicted octanol–water partition coefficient (Wildman–Crippen LogP) is 6.73. The van der Waals surface area contributed by atoms with Gasteiger partial charge in [0.2, 0.25) is 0 Å². The number of rotatable bonds is 11. The summed E-state index contributed by atoms with van der Waals surface area (Å²) < 4.78 is 48.3. The van der Waals surface area contributed by atoms with Gasteiger partial charge in [0.25, 0.3) is 0 Å². The van der Waals surface area contributed by atoms with Gasteiger partial charge in [-0.1, -0.05) is 49.7 Å². The number of esters is 2. The number of ether oxygens (including phenoxy) is 2. The van der Waals surface area contributed by atoms with E-state index in [1.807, 2.05) is 13.0 Å². The Bertz CT molecular complexity index is 1160. The lowest BCUT2D eigenvalue weighted by molar-refractivity contribution is -0.137. The standard InChI is InChI=1S/C19H20F3NO2.C11H15NO2.ClH/c1-14(12-15-6-5-9-17(13-15)19(20,21)22)23-10-11-25-18(24)16-7-3-2-4-8-16;1-2-3-8-14-11(13)9-4-6-10(12)7-5-9;/h2-9,13-14,23H,10-12H2,1H3;4-7H,2-3,8,12H2,1H3;1H. The van der Waals surface area contributed by atoms with Crippen molar-refractivity contribution in [3.05, 3.63) is 101 Å². The van der Waals surface area contributed by atoms with E-state index in [2.05, 4.69) is 12.2 Å².